The van der Waals surface area contributed by atoms with E-state index in [1.807, 2.05) is 0 Å². The first-order valence-electron chi connectivity index (χ1n) is 5.24. The fourth-order valence-corrected chi connectivity index (χ4v) is 1.72. The Morgan fingerprint density at radius 1 is 0.364 bits per heavy atom. The topological polar surface area (TPSA) is 0 Å². The minimum absolute atomic E-state index is 1.65. The first-order chi connectivity index (χ1) is 10.1. The van der Waals surface area contributed by atoms with Crippen LogP contribution in [0, 0.1) is 52.4 Å². The van der Waals surface area contributed by atoms with Gasteiger partial charge in [-0.1, -0.05) is 0 Å². The van der Waals surface area contributed by atoms with Gasteiger partial charge in [0, 0.05) is 5.56 Å². The Bertz CT molecular complexity index is 675. The molecule has 114 valence electrons. The molecule has 2 aromatic rings. The highest BCUT2D eigenvalue weighted by Gasteiger charge is 2.32. The number of halogens is 9. The molecule has 0 unspecified atom stereocenters. The Morgan fingerprint density at radius 3 is 1.05 bits per heavy atom. The maximum atomic E-state index is 13.6. The average Bonchev–Trinajstić information content (AvgIpc) is 2.50. The first kappa shape index (κ1) is 16.2. The summed E-state index contributed by atoms with van der Waals surface area (Å²) in [6.45, 7) is 0. The van der Waals surface area contributed by atoms with Crippen LogP contribution in [0.4, 0.5) is 39.5 Å². The van der Waals surface area contributed by atoms with E-state index >= 15 is 0 Å². The highest BCUT2D eigenvalue weighted by atomic mass is 19.2. The van der Waals surface area contributed by atoms with Crippen LogP contribution < -0.4 is 5.46 Å². The predicted octanol–water partition coefficient (Wildman–Crippen LogP) is 3.40. The Morgan fingerprint density at radius 2 is 0.636 bits per heavy atom. The molecule has 2 radical (unpaired) electrons. The average molecular weight is 326 g/mol. The maximum absolute atomic E-state index is 13.6. The van der Waals surface area contributed by atoms with Gasteiger partial charge in [-0.3, -0.25) is 0 Å². The van der Waals surface area contributed by atoms with Crippen molar-refractivity contribution < 1.29 is 39.5 Å². The lowest BCUT2D eigenvalue weighted by atomic mass is 9.85. The Kier molecular flexibility index (Phi) is 3.88. The summed E-state index contributed by atoms with van der Waals surface area (Å²) in [6.07, 6.45) is 0. The van der Waals surface area contributed by atoms with Crippen LogP contribution in [0.1, 0.15) is 0 Å². The minimum Gasteiger partial charge on any atom is -0.204 e. The van der Waals surface area contributed by atoms with E-state index in [0.717, 1.165) is 0 Å². The number of rotatable bonds is 1. The van der Waals surface area contributed by atoms with Gasteiger partial charge in [0.25, 0.3) is 0 Å². The second kappa shape index (κ2) is 5.26. The van der Waals surface area contributed by atoms with Crippen molar-refractivity contribution in [3.8, 4) is 11.1 Å². The van der Waals surface area contributed by atoms with E-state index in [1.54, 1.807) is 0 Å². The lowest BCUT2D eigenvalue weighted by Crippen LogP contribution is -2.21. The van der Waals surface area contributed by atoms with Crippen molar-refractivity contribution in [1.29, 1.82) is 0 Å². The van der Waals surface area contributed by atoms with Crippen LogP contribution in [-0.4, -0.2) is 7.85 Å². The summed E-state index contributed by atoms with van der Waals surface area (Å²) >= 11 is 0. The van der Waals surface area contributed by atoms with Crippen LogP contribution in [0.2, 0.25) is 0 Å². The van der Waals surface area contributed by atoms with Gasteiger partial charge in [-0.2, -0.15) is 0 Å². The fraction of sp³-hybridized carbons (Fsp3) is 0. The lowest BCUT2D eigenvalue weighted by molar-refractivity contribution is 0.379. The van der Waals surface area contributed by atoms with Gasteiger partial charge in [-0.15, -0.1) is 0 Å². The van der Waals surface area contributed by atoms with E-state index in [1.165, 1.54) is 0 Å². The van der Waals surface area contributed by atoms with Gasteiger partial charge in [-0.05, 0) is 5.46 Å². The number of hydrogen-bond acceptors (Lipinski definition) is 0. The van der Waals surface area contributed by atoms with Crippen molar-refractivity contribution >= 4 is 13.3 Å². The Hall–Kier alpha value is -2.13. The summed E-state index contributed by atoms with van der Waals surface area (Å²) in [5, 5.41) is 0. The maximum Gasteiger partial charge on any atom is 0.200 e. The molecular weight excluding hydrogens is 326 g/mol. The minimum atomic E-state index is -2.57. The first-order valence-corrected chi connectivity index (χ1v) is 5.24. The number of benzene rings is 2. The molecule has 10 heteroatoms. The van der Waals surface area contributed by atoms with E-state index in [4.69, 9.17) is 7.85 Å². The molecule has 0 heterocycles. The van der Waals surface area contributed by atoms with Crippen LogP contribution in [0.15, 0.2) is 0 Å². The summed E-state index contributed by atoms with van der Waals surface area (Å²) in [5.74, 6) is -22.3. The molecule has 0 aliphatic carbocycles. The molecule has 2 aromatic carbocycles. The Balaban J connectivity index is 3.03. The molecular formula is C12BF9. The van der Waals surface area contributed by atoms with Crippen LogP contribution in [0.3, 0.4) is 0 Å². The largest absolute Gasteiger partial charge is 0.204 e. The third-order valence-corrected chi connectivity index (χ3v) is 2.76. The number of hydrogen-bond donors (Lipinski definition) is 0. The Labute approximate surface area is 117 Å². The van der Waals surface area contributed by atoms with Crippen LogP contribution in [-0.2, 0) is 0 Å². The zero-order valence-electron chi connectivity index (χ0n) is 9.98. The van der Waals surface area contributed by atoms with E-state index in [9.17, 15) is 39.5 Å². The molecule has 0 aliphatic heterocycles. The van der Waals surface area contributed by atoms with Gasteiger partial charge < -0.3 is 0 Å². The molecule has 0 bridgehead atoms. The monoisotopic (exact) mass is 326 g/mol. The van der Waals surface area contributed by atoms with E-state index in [2.05, 4.69) is 0 Å². The molecule has 0 saturated heterocycles. The van der Waals surface area contributed by atoms with E-state index in [-0.39, 0.29) is 0 Å². The van der Waals surface area contributed by atoms with Crippen LogP contribution >= 0.6 is 0 Å². The molecule has 0 amide bonds. The predicted molar refractivity (Wildman–Crippen MR) is 56.9 cm³/mol. The highest BCUT2D eigenvalue weighted by Crippen LogP contribution is 2.33. The second-order valence-electron chi connectivity index (χ2n) is 3.99. The van der Waals surface area contributed by atoms with Crippen LogP contribution in [0.25, 0.3) is 11.1 Å². The van der Waals surface area contributed by atoms with Crippen molar-refractivity contribution in [3.05, 3.63) is 52.4 Å². The zero-order chi connectivity index (χ0) is 16.9. The lowest BCUT2D eigenvalue weighted by Gasteiger charge is -2.14. The molecule has 22 heavy (non-hydrogen) atoms. The summed E-state index contributed by atoms with van der Waals surface area (Å²) < 4.78 is 119. The molecule has 2 rings (SSSR count). The summed E-state index contributed by atoms with van der Waals surface area (Å²) in [5.41, 5.74) is -5.48. The van der Waals surface area contributed by atoms with E-state index < -0.39 is 68.9 Å². The molecule has 0 aromatic heterocycles. The quantitative estimate of drug-likeness (QED) is 0.326. The highest BCUT2D eigenvalue weighted by molar-refractivity contribution is 6.36. The van der Waals surface area contributed by atoms with E-state index in [0.29, 0.717) is 0 Å². The summed E-state index contributed by atoms with van der Waals surface area (Å²) in [6, 6.07) is 0. The van der Waals surface area contributed by atoms with Crippen LogP contribution in [0.5, 0.6) is 0 Å². The third kappa shape index (κ3) is 2.05. The molecule has 0 aliphatic rings. The molecule has 0 spiro atoms. The van der Waals surface area contributed by atoms with Crippen molar-refractivity contribution in [2.24, 2.45) is 0 Å². The van der Waals surface area contributed by atoms with Gasteiger partial charge in [-0.25, -0.2) is 39.5 Å². The van der Waals surface area contributed by atoms with Crippen molar-refractivity contribution in [1.82, 2.24) is 0 Å². The zero-order valence-corrected chi connectivity index (χ0v) is 9.98. The third-order valence-electron chi connectivity index (χ3n) is 2.76. The standard InChI is InChI=1S/C12BF9/c13-3-1(4(14)8(18)11(21)7(3)17)2-5(15)9(19)12(22)10(20)6(2)16. The van der Waals surface area contributed by atoms with Gasteiger partial charge in [0.15, 0.2) is 46.5 Å². The molecule has 0 fully saturated rings. The van der Waals surface area contributed by atoms with Gasteiger partial charge in [0.05, 0.1) is 5.56 Å². The smallest absolute Gasteiger partial charge is 0.200 e. The summed E-state index contributed by atoms with van der Waals surface area (Å²) in [7, 11) is 4.87. The van der Waals surface area contributed by atoms with Gasteiger partial charge in [0.2, 0.25) is 5.82 Å². The molecule has 0 nitrogen and oxygen atoms in total. The second-order valence-corrected chi connectivity index (χ2v) is 3.99. The summed E-state index contributed by atoms with van der Waals surface area (Å²) in [4.78, 5) is 0. The van der Waals surface area contributed by atoms with Crippen molar-refractivity contribution in [3.63, 3.8) is 0 Å². The molecule has 0 N–H and O–H groups in total. The van der Waals surface area contributed by atoms with Gasteiger partial charge in [0.1, 0.15) is 7.85 Å². The fourth-order valence-electron chi connectivity index (χ4n) is 1.72. The van der Waals surface area contributed by atoms with Gasteiger partial charge >= 0.3 is 0 Å². The normalized spacial score (nSPS) is 11.1. The molecule has 0 atom stereocenters. The van der Waals surface area contributed by atoms with Crippen molar-refractivity contribution in [2.45, 2.75) is 0 Å². The molecule has 0 saturated carbocycles. The van der Waals surface area contributed by atoms with Crippen molar-refractivity contribution in [2.75, 3.05) is 0 Å². The SMILES string of the molecule is [B]c1c(F)c(F)c(F)c(F)c1-c1c(F)c(F)c(F)c(F)c1F.